The molecule has 26 heavy (non-hydrogen) atoms. The lowest BCUT2D eigenvalue weighted by atomic mass is 10.1. The van der Waals surface area contributed by atoms with Crippen molar-refractivity contribution in [1.82, 2.24) is 20.2 Å². The van der Waals surface area contributed by atoms with Crippen LogP contribution in [0.5, 0.6) is 0 Å². The summed E-state index contributed by atoms with van der Waals surface area (Å²) in [7, 11) is 0. The van der Waals surface area contributed by atoms with Gasteiger partial charge in [0.25, 0.3) is 0 Å². The van der Waals surface area contributed by atoms with Gasteiger partial charge in [-0.2, -0.15) is 0 Å². The van der Waals surface area contributed by atoms with Crippen LogP contribution in [0.15, 0.2) is 47.8 Å². The molecule has 0 saturated heterocycles. The number of carbonyl (C=O) groups excluding carboxylic acids is 1. The van der Waals surface area contributed by atoms with E-state index in [1.807, 2.05) is 12.1 Å². The van der Waals surface area contributed by atoms with Crippen molar-refractivity contribution < 1.29 is 4.79 Å². The number of rotatable bonds is 6. The number of amides is 1. The molecule has 0 aliphatic heterocycles. The number of pyridine rings is 1. The molecular weight excluding hydrogens is 370 g/mol. The van der Waals surface area contributed by atoms with Gasteiger partial charge in [0.15, 0.2) is 11.0 Å². The van der Waals surface area contributed by atoms with Crippen molar-refractivity contribution in [3.8, 4) is 11.4 Å². The van der Waals surface area contributed by atoms with Crippen molar-refractivity contribution in [2.45, 2.75) is 30.7 Å². The highest BCUT2D eigenvalue weighted by atomic mass is 35.5. The summed E-state index contributed by atoms with van der Waals surface area (Å²) in [5.74, 6) is 0.488. The van der Waals surface area contributed by atoms with Crippen molar-refractivity contribution in [1.29, 1.82) is 0 Å². The topological polar surface area (TPSA) is 83.6 Å². The normalized spacial score (nSPS) is 12.0. The molecule has 2 heterocycles. The van der Waals surface area contributed by atoms with Gasteiger partial charge in [-0.1, -0.05) is 54.6 Å². The molecule has 1 amide bonds. The van der Waals surface area contributed by atoms with Gasteiger partial charge in [0.2, 0.25) is 11.1 Å². The molecule has 3 aromatic rings. The molecule has 0 spiro atoms. The molecule has 2 N–H and O–H groups in total. The largest absolute Gasteiger partial charge is 0.322 e. The van der Waals surface area contributed by atoms with Crippen molar-refractivity contribution in [2.24, 2.45) is 0 Å². The van der Waals surface area contributed by atoms with E-state index in [0.29, 0.717) is 16.7 Å². The lowest BCUT2D eigenvalue weighted by molar-refractivity contribution is -0.115. The Hall–Kier alpha value is -2.38. The standard InChI is InChI=1S/C18H18ClN5OS/c1-3-12-6-8-13(9-7-12)16-22-18(24-23-16)26-11(2)17(25)21-14-5-4-10-20-15(14)19/h4-11H,3H2,1-2H3,(H,21,25)(H,22,23,24)/t11-/m0/s1. The number of aromatic amines is 1. The Morgan fingerprint density at radius 1 is 1.31 bits per heavy atom. The minimum atomic E-state index is -0.391. The van der Waals surface area contributed by atoms with Crippen LogP contribution < -0.4 is 5.32 Å². The van der Waals surface area contributed by atoms with E-state index >= 15 is 0 Å². The molecule has 1 atom stereocenters. The molecule has 0 saturated carbocycles. The molecule has 8 heteroatoms. The number of nitrogens with zero attached hydrogens (tertiary/aromatic N) is 3. The number of aromatic nitrogens is 4. The van der Waals surface area contributed by atoms with Crippen molar-refractivity contribution in [3.63, 3.8) is 0 Å². The zero-order valence-corrected chi connectivity index (χ0v) is 15.9. The quantitative estimate of drug-likeness (QED) is 0.489. The van der Waals surface area contributed by atoms with Gasteiger partial charge in [-0.15, -0.1) is 5.10 Å². The van der Waals surface area contributed by atoms with E-state index in [1.54, 1.807) is 25.3 Å². The second kappa shape index (κ2) is 8.33. The second-order valence-electron chi connectivity index (χ2n) is 5.61. The maximum Gasteiger partial charge on any atom is 0.237 e. The van der Waals surface area contributed by atoms with Crippen LogP contribution >= 0.6 is 23.4 Å². The van der Waals surface area contributed by atoms with E-state index in [-0.39, 0.29) is 11.1 Å². The minimum absolute atomic E-state index is 0.191. The van der Waals surface area contributed by atoms with Crippen molar-refractivity contribution in [3.05, 3.63) is 53.3 Å². The summed E-state index contributed by atoms with van der Waals surface area (Å²) in [6, 6.07) is 11.6. The summed E-state index contributed by atoms with van der Waals surface area (Å²) in [4.78, 5) is 20.7. The highest BCUT2D eigenvalue weighted by molar-refractivity contribution is 8.00. The number of nitrogens with one attached hydrogen (secondary N) is 2. The van der Waals surface area contributed by atoms with Crippen LogP contribution in [0.2, 0.25) is 5.15 Å². The van der Waals surface area contributed by atoms with Crippen LogP contribution in [0.1, 0.15) is 19.4 Å². The Morgan fingerprint density at radius 3 is 2.77 bits per heavy atom. The average Bonchev–Trinajstić information content (AvgIpc) is 3.12. The summed E-state index contributed by atoms with van der Waals surface area (Å²) in [5.41, 5.74) is 2.71. The number of hydrogen-bond acceptors (Lipinski definition) is 5. The number of H-pyrrole nitrogens is 1. The summed E-state index contributed by atoms with van der Waals surface area (Å²) < 4.78 is 0. The average molecular weight is 388 g/mol. The molecule has 134 valence electrons. The predicted molar refractivity (Wildman–Crippen MR) is 104 cm³/mol. The number of halogens is 1. The predicted octanol–water partition coefficient (Wildman–Crippen LogP) is 4.20. The Bertz CT molecular complexity index is 897. The molecule has 0 fully saturated rings. The van der Waals surface area contributed by atoms with Crippen molar-refractivity contribution >= 4 is 35.0 Å². The highest BCUT2D eigenvalue weighted by Crippen LogP contribution is 2.25. The first-order valence-corrected chi connectivity index (χ1v) is 9.42. The Morgan fingerprint density at radius 2 is 2.08 bits per heavy atom. The molecule has 6 nitrogen and oxygen atoms in total. The molecule has 0 unspecified atom stereocenters. The Kier molecular flexibility index (Phi) is 5.90. The first-order valence-electron chi connectivity index (χ1n) is 8.16. The van der Waals surface area contributed by atoms with Gasteiger partial charge in [0, 0.05) is 11.8 Å². The van der Waals surface area contributed by atoms with E-state index in [9.17, 15) is 4.79 Å². The van der Waals surface area contributed by atoms with Gasteiger partial charge in [0.1, 0.15) is 0 Å². The van der Waals surface area contributed by atoms with Crippen LogP contribution in [0.4, 0.5) is 5.69 Å². The lowest BCUT2D eigenvalue weighted by Gasteiger charge is -2.10. The van der Waals surface area contributed by atoms with Crippen LogP contribution in [-0.4, -0.2) is 31.3 Å². The van der Waals surface area contributed by atoms with Crippen LogP contribution in [0, 0.1) is 0 Å². The zero-order valence-electron chi connectivity index (χ0n) is 14.4. The van der Waals surface area contributed by atoms with Gasteiger partial charge < -0.3 is 5.32 Å². The number of benzene rings is 1. The van der Waals surface area contributed by atoms with E-state index in [4.69, 9.17) is 11.6 Å². The molecule has 3 rings (SSSR count). The third-order valence-corrected chi connectivity index (χ3v) is 5.03. The second-order valence-corrected chi connectivity index (χ2v) is 7.27. The van der Waals surface area contributed by atoms with Gasteiger partial charge in [-0.25, -0.2) is 9.97 Å². The van der Waals surface area contributed by atoms with Gasteiger partial charge in [-0.3, -0.25) is 9.89 Å². The summed E-state index contributed by atoms with van der Waals surface area (Å²) >= 11 is 7.23. The first kappa shape index (κ1) is 18.4. The molecule has 0 radical (unpaired) electrons. The number of carbonyl (C=O) groups is 1. The molecule has 1 aromatic carbocycles. The molecule has 0 aliphatic rings. The highest BCUT2D eigenvalue weighted by Gasteiger charge is 2.18. The van der Waals surface area contributed by atoms with Crippen LogP contribution in [0.25, 0.3) is 11.4 Å². The van der Waals surface area contributed by atoms with Gasteiger partial charge in [-0.05, 0) is 31.0 Å². The van der Waals surface area contributed by atoms with E-state index in [2.05, 4.69) is 44.5 Å². The van der Waals surface area contributed by atoms with Gasteiger partial charge >= 0.3 is 0 Å². The summed E-state index contributed by atoms with van der Waals surface area (Å²) in [6.07, 6.45) is 2.56. The zero-order chi connectivity index (χ0) is 18.5. The molecule has 2 aromatic heterocycles. The summed E-state index contributed by atoms with van der Waals surface area (Å²) in [6.45, 7) is 3.90. The minimum Gasteiger partial charge on any atom is -0.322 e. The van der Waals surface area contributed by atoms with E-state index in [0.717, 1.165) is 12.0 Å². The maximum atomic E-state index is 12.3. The molecular formula is C18H18ClN5OS. The molecule has 0 bridgehead atoms. The first-order chi connectivity index (χ1) is 12.6. The van der Waals surface area contributed by atoms with E-state index in [1.165, 1.54) is 17.3 Å². The lowest BCUT2D eigenvalue weighted by Crippen LogP contribution is -2.22. The third-order valence-electron chi connectivity index (χ3n) is 3.77. The number of hydrogen-bond donors (Lipinski definition) is 2. The van der Waals surface area contributed by atoms with Crippen LogP contribution in [0.3, 0.4) is 0 Å². The van der Waals surface area contributed by atoms with Crippen molar-refractivity contribution in [2.75, 3.05) is 5.32 Å². The summed E-state index contributed by atoms with van der Waals surface area (Å²) in [5, 5.41) is 10.3. The number of anilines is 1. The number of aryl methyl sites for hydroxylation is 1. The van der Waals surface area contributed by atoms with Gasteiger partial charge in [0.05, 0.1) is 10.9 Å². The van der Waals surface area contributed by atoms with Crippen LogP contribution in [-0.2, 0) is 11.2 Å². The Labute approximate surface area is 160 Å². The third kappa shape index (κ3) is 4.42. The maximum absolute atomic E-state index is 12.3. The number of thioether (sulfide) groups is 1. The Balaban J connectivity index is 1.64. The smallest absolute Gasteiger partial charge is 0.237 e. The monoisotopic (exact) mass is 387 g/mol. The van der Waals surface area contributed by atoms with E-state index < -0.39 is 5.25 Å². The fourth-order valence-corrected chi connectivity index (χ4v) is 3.14. The molecule has 0 aliphatic carbocycles. The fraction of sp³-hybridized carbons (Fsp3) is 0.222. The fourth-order valence-electron chi connectivity index (χ4n) is 2.25. The SMILES string of the molecule is CCc1ccc(-c2nc(S[C@@H](C)C(=O)Nc3cccnc3Cl)n[nH]2)cc1.